The zero-order valence-electron chi connectivity index (χ0n) is 18.3. The van der Waals surface area contributed by atoms with Crippen LogP contribution in [-0.2, 0) is 18.3 Å². The first-order valence-electron chi connectivity index (χ1n) is 10.2. The lowest BCUT2D eigenvalue weighted by Crippen LogP contribution is -2.36. The molecule has 0 saturated heterocycles. The summed E-state index contributed by atoms with van der Waals surface area (Å²) in [4.78, 5) is 17.6. The number of pyridine rings is 1. The third-order valence-corrected chi connectivity index (χ3v) is 4.99. The first-order valence-corrected chi connectivity index (χ1v) is 10.2. The number of hydrogen-bond acceptors (Lipinski definition) is 5. The van der Waals surface area contributed by atoms with Crippen LogP contribution in [0.1, 0.15) is 19.4 Å². The van der Waals surface area contributed by atoms with Gasteiger partial charge in [-0.1, -0.05) is 26.0 Å². The van der Waals surface area contributed by atoms with Crippen molar-refractivity contribution in [1.82, 2.24) is 14.8 Å². The Morgan fingerprint density at radius 3 is 2.69 bits per heavy atom. The van der Waals surface area contributed by atoms with Crippen LogP contribution in [0.4, 0.5) is 20.3 Å². The summed E-state index contributed by atoms with van der Waals surface area (Å²) < 4.78 is 30.0. The van der Waals surface area contributed by atoms with Gasteiger partial charge in [0.05, 0.1) is 11.9 Å². The molecule has 1 amide bonds. The summed E-state index contributed by atoms with van der Waals surface area (Å²) in [6, 6.07) is 7.52. The summed E-state index contributed by atoms with van der Waals surface area (Å²) in [7, 11) is 1.72. The topological polar surface area (TPSA) is 83.3 Å². The van der Waals surface area contributed by atoms with Crippen LogP contribution < -0.4 is 10.2 Å². The molecule has 0 aliphatic carbocycles. The lowest BCUT2D eigenvalue weighted by molar-refractivity contribution is -0.107. The van der Waals surface area contributed by atoms with Gasteiger partial charge in [0.1, 0.15) is 11.5 Å². The fourth-order valence-electron chi connectivity index (χ4n) is 3.28. The minimum Gasteiger partial charge on any atom is -0.396 e. The Balaban J connectivity index is 1.94. The van der Waals surface area contributed by atoms with Gasteiger partial charge in [-0.05, 0) is 24.1 Å². The summed E-state index contributed by atoms with van der Waals surface area (Å²) in [5.74, 6) is -0.611. The molecule has 1 aromatic carbocycles. The van der Waals surface area contributed by atoms with Crippen LogP contribution in [0.5, 0.6) is 0 Å². The molecule has 0 aliphatic rings. The molecule has 2 N–H and O–H groups in total. The van der Waals surface area contributed by atoms with Gasteiger partial charge in [0.2, 0.25) is 6.41 Å². The number of carbonyl (C=O) groups is 1. The molecule has 7 nitrogen and oxygen atoms in total. The van der Waals surface area contributed by atoms with Crippen molar-refractivity contribution < 1.29 is 18.7 Å². The number of nitrogens with zero attached hydrogens (tertiary/aromatic N) is 4. The molecular weight excluding hydrogens is 416 g/mol. The van der Waals surface area contributed by atoms with E-state index in [2.05, 4.69) is 15.4 Å². The van der Waals surface area contributed by atoms with Gasteiger partial charge in [0.15, 0.2) is 11.6 Å². The number of aryl methyl sites for hydroxylation is 1. The van der Waals surface area contributed by atoms with Gasteiger partial charge < -0.3 is 15.3 Å². The monoisotopic (exact) mass is 443 g/mol. The number of amides is 1. The van der Waals surface area contributed by atoms with Crippen molar-refractivity contribution in [3.05, 3.63) is 59.9 Å². The number of benzene rings is 1. The van der Waals surface area contributed by atoms with E-state index in [-0.39, 0.29) is 30.4 Å². The van der Waals surface area contributed by atoms with E-state index in [1.807, 2.05) is 6.07 Å². The average molecular weight is 443 g/mol. The van der Waals surface area contributed by atoms with Gasteiger partial charge in [0, 0.05) is 50.0 Å². The second kappa shape index (κ2) is 9.86. The van der Waals surface area contributed by atoms with Gasteiger partial charge in [-0.2, -0.15) is 5.10 Å². The van der Waals surface area contributed by atoms with E-state index in [0.717, 1.165) is 5.56 Å². The van der Waals surface area contributed by atoms with Crippen molar-refractivity contribution in [2.75, 3.05) is 29.9 Å². The third kappa shape index (κ3) is 5.67. The van der Waals surface area contributed by atoms with Gasteiger partial charge in [-0.15, -0.1) is 0 Å². The summed E-state index contributed by atoms with van der Waals surface area (Å²) in [6.45, 7) is 4.00. The molecule has 9 heteroatoms. The quantitative estimate of drug-likeness (QED) is 0.470. The Morgan fingerprint density at radius 1 is 1.28 bits per heavy atom. The van der Waals surface area contributed by atoms with E-state index in [1.165, 1.54) is 29.3 Å². The second-order valence-corrected chi connectivity index (χ2v) is 8.45. The summed E-state index contributed by atoms with van der Waals surface area (Å²) in [6.07, 6.45) is 4.25. The highest BCUT2D eigenvalue weighted by molar-refractivity contribution is 5.83. The Kier molecular flexibility index (Phi) is 7.19. The van der Waals surface area contributed by atoms with E-state index in [0.29, 0.717) is 30.8 Å². The highest BCUT2D eigenvalue weighted by atomic mass is 19.1. The second-order valence-electron chi connectivity index (χ2n) is 8.45. The van der Waals surface area contributed by atoms with Crippen LogP contribution in [-0.4, -0.2) is 46.0 Å². The number of aromatic nitrogens is 3. The van der Waals surface area contributed by atoms with E-state index in [9.17, 15) is 14.3 Å². The molecule has 0 radical (unpaired) electrons. The highest BCUT2D eigenvalue weighted by Gasteiger charge is 2.25. The number of rotatable bonds is 10. The van der Waals surface area contributed by atoms with Crippen LogP contribution in [0.15, 0.2) is 42.7 Å². The van der Waals surface area contributed by atoms with Crippen molar-refractivity contribution in [3.8, 4) is 11.3 Å². The van der Waals surface area contributed by atoms with Gasteiger partial charge in [-0.25, -0.2) is 13.8 Å². The summed E-state index contributed by atoms with van der Waals surface area (Å²) in [5.41, 5.74) is 1.05. The number of anilines is 2. The third-order valence-electron chi connectivity index (χ3n) is 4.99. The molecule has 0 atom stereocenters. The molecule has 3 rings (SSSR count). The van der Waals surface area contributed by atoms with Crippen molar-refractivity contribution in [2.45, 2.75) is 20.3 Å². The largest absolute Gasteiger partial charge is 0.396 e. The van der Waals surface area contributed by atoms with Crippen LogP contribution in [0.3, 0.4) is 0 Å². The van der Waals surface area contributed by atoms with Crippen molar-refractivity contribution in [3.63, 3.8) is 0 Å². The SMILES string of the molecule is Cn1cc(-c2nc(NCCc3cccc(F)c3)c(N(C=O)CC(C)(C)CO)cc2F)cn1. The predicted molar refractivity (Wildman–Crippen MR) is 119 cm³/mol. The van der Waals surface area contributed by atoms with Crippen molar-refractivity contribution >= 4 is 17.9 Å². The first kappa shape index (κ1) is 23.3. The fraction of sp³-hybridized carbons (Fsp3) is 0.348. The van der Waals surface area contributed by atoms with Gasteiger partial charge in [0.25, 0.3) is 0 Å². The summed E-state index contributed by atoms with van der Waals surface area (Å²) >= 11 is 0. The standard InChI is InChI=1S/C23H27F2N5O2/c1-23(2,14-31)13-30(15-32)20-10-19(25)21(17-11-27-29(3)12-17)28-22(20)26-8-7-16-5-4-6-18(24)9-16/h4-6,9-12,15,31H,7-8,13-14H2,1-3H3,(H,26,28). The van der Waals surface area contributed by atoms with Gasteiger partial charge in [-0.3, -0.25) is 9.48 Å². The lowest BCUT2D eigenvalue weighted by atomic mass is 9.94. The lowest BCUT2D eigenvalue weighted by Gasteiger charge is -2.30. The minimum atomic E-state index is -0.600. The summed E-state index contributed by atoms with van der Waals surface area (Å²) in [5, 5.41) is 16.8. The minimum absolute atomic E-state index is 0.0994. The molecule has 0 aliphatic heterocycles. The Bertz CT molecular complexity index is 1080. The zero-order chi connectivity index (χ0) is 23.3. The molecule has 170 valence electrons. The molecule has 0 saturated carbocycles. The normalized spacial score (nSPS) is 11.4. The number of halogens is 2. The Morgan fingerprint density at radius 2 is 2.06 bits per heavy atom. The zero-order valence-corrected chi connectivity index (χ0v) is 18.3. The Hall–Kier alpha value is -3.33. The molecule has 0 fully saturated rings. The average Bonchev–Trinajstić information content (AvgIpc) is 3.19. The molecule has 0 bridgehead atoms. The molecule has 2 heterocycles. The number of carbonyl (C=O) groups excluding carboxylic acids is 1. The van der Waals surface area contributed by atoms with Crippen LogP contribution in [0, 0.1) is 17.0 Å². The molecule has 32 heavy (non-hydrogen) atoms. The van der Waals surface area contributed by atoms with E-state index >= 15 is 4.39 Å². The number of aliphatic hydroxyl groups excluding tert-OH is 1. The molecule has 2 aromatic heterocycles. The van der Waals surface area contributed by atoms with E-state index in [1.54, 1.807) is 37.8 Å². The number of hydrogen-bond donors (Lipinski definition) is 2. The van der Waals surface area contributed by atoms with Gasteiger partial charge >= 0.3 is 0 Å². The van der Waals surface area contributed by atoms with Crippen molar-refractivity contribution in [2.24, 2.45) is 12.5 Å². The highest BCUT2D eigenvalue weighted by Crippen LogP contribution is 2.32. The van der Waals surface area contributed by atoms with Crippen LogP contribution >= 0.6 is 0 Å². The van der Waals surface area contributed by atoms with Crippen LogP contribution in [0.2, 0.25) is 0 Å². The fourth-order valence-corrected chi connectivity index (χ4v) is 3.28. The number of aliphatic hydroxyl groups is 1. The maximum atomic E-state index is 15.0. The first-order chi connectivity index (χ1) is 15.2. The van der Waals surface area contributed by atoms with E-state index in [4.69, 9.17) is 0 Å². The molecule has 0 unspecified atom stereocenters. The predicted octanol–water partition coefficient (Wildman–Crippen LogP) is 3.40. The molecule has 0 spiro atoms. The smallest absolute Gasteiger partial charge is 0.214 e. The van der Waals surface area contributed by atoms with Crippen LogP contribution in [0.25, 0.3) is 11.3 Å². The van der Waals surface area contributed by atoms with E-state index < -0.39 is 11.2 Å². The van der Waals surface area contributed by atoms with Crippen molar-refractivity contribution in [1.29, 1.82) is 0 Å². The maximum absolute atomic E-state index is 15.0. The molecule has 3 aromatic rings. The Labute approximate surface area is 185 Å². The molecular formula is C23H27F2N5O2. The maximum Gasteiger partial charge on any atom is 0.214 e. The number of nitrogens with one attached hydrogen (secondary N) is 1.